The first-order valence-electron chi connectivity index (χ1n) is 10.8. The van der Waals surface area contributed by atoms with Crippen molar-refractivity contribution < 1.29 is 27.1 Å². The second-order valence-corrected chi connectivity index (χ2v) is 10.3. The number of aromatic nitrogens is 2. The van der Waals surface area contributed by atoms with Gasteiger partial charge in [0.1, 0.15) is 5.75 Å². The lowest BCUT2D eigenvalue weighted by atomic mass is 10.0. The van der Waals surface area contributed by atoms with Gasteiger partial charge in [-0.3, -0.25) is 14.9 Å². The molecule has 2 aromatic rings. The maximum Gasteiger partial charge on any atom is 0.230 e. The van der Waals surface area contributed by atoms with Gasteiger partial charge in [-0.15, -0.1) is 0 Å². The summed E-state index contributed by atoms with van der Waals surface area (Å²) >= 11 is 0. The van der Waals surface area contributed by atoms with Crippen molar-refractivity contribution in [3.8, 4) is 5.75 Å². The molecule has 0 bridgehead atoms. The first-order valence-corrected chi connectivity index (χ1v) is 12.4. The van der Waals surface area contributed by atoms with E-state index in [4.69, 9.17) is 4.74 Å². The summed E-state index contributed by atoms with van der Waals surface area (Å²) in [5.41, 5.74) is 1.31. The van der Waals surface area contributed by atoms with Gasteiger partial charge in [-0.25, -0.2) is 17.5 Å². The van der Waals surface area contributed by atoms with E-state index in [1.54, 1.807) is 13.0 Å². The molecular formula is C22H25FN4O5S. The van der Waals surface area contributed by atoms with Crippen molar-refractivity contribution >= 4 is 21.8 Å². The van der Waals surface area contributed by atoms with E-state index in [1.807, 2.05) is 0 Å². The summed E-state index contributed by atoms with van der Waals surface area (Å²) in [6.07, 6.45) is 2.52. The van der Waals surface area contributed by atoms with Gasteiger partial charge < -0.3 is 4.74 Å². The van der Waals surface area contributed by atoms with E-state index in [0.29, 0.717) is 23.8 Å². The quantitative estimate of drug-likeness (QED) is 0.501. The van der Waals surface area contributed by atoms with Gasteiger partial charge in [0.15, 0.2) is 11.6 Å². The molecule has 33 heavy (non-hydrogen) atoms. The van der Waals surface area contributed by atoms with Gasteiger partial charge in [-0.2, -0.15) is 10.2 Å². The van der Waals surface area contributed by atoms with Crippen LogP contribution in [0, 0.1) is 17.7 Å². The van der Waals surface area contributed by atoms with E-state index < -0.39 is 27.8 Å². The summed E-state index contributed by atoms with van der Waals surface area (Å²) in [7, 11) is -3.77. The second kappa shape index (κ2) is 9.52. The molecule has 1 saturated carbocycles. The predicted molar refractivity (Wildman–Crippen MR) is 116 cm³/mol. The molecule has 4 rings (SSSR count). The topological polar surface area (TPSA) is 127 Å². The van der Waals surface area contributed by atoms with Crippen molar-refractivity contribution in [3.63, 3.8) is 0 Å². The zero-order valence-electron chi connectivity index (χ0n) is 18.1. The number of nitrogens with zero attached hydrogens (tertiary/aromatic N) is 2. The summed E-state index contributed by atoms with van der Waals surface area (Å²) in [4.78, 5) is 23.0. The van der Waals surface area contributed by atoms with Crippen molar-refractivity contribution in [3.05, 3.63) is 53.1 Å². The lowest BCUT2D eigenvalue weighted by Gasteiger charge is -2.16. The number of imide groups is 1. The number of carbonyl (C=O) groups is 2. The minimum absolute atomic E-state index is 0.106. The van der Waals surface area contributed by atoms with Crippen LogP contribution in [0.4, 0.5) is 4.39 Å². The Morgan fingerprint density at radius 1 is 1.18 bits per heavy atom. The summed E-state index contributed by atoms with van der Waals surface area (Å²) in [6, 6.07) is 6.83. The van der Waals surface area contributed by atoms with Gasteiger partial charge >= 0.3 is 0 Å². The maximum absolute atomic E-state index is 14.0. The van der Waals surface area contributed by atoms with Crippen molar-refractivity contribution in [1.82, 2.24) is 20.2 Å². The van der Waals surface area contributed by atoms with Gasteiger partial charge in [0, 0.05) is 18.9 Å². The molecule has 1 aromatic carbocycles. The highest BCUT2D eigenvalue weighted by Gasteiger charge is 2.31. The molecule has 2 aliphatic rings. The fraction of sp³-hybridized carbons (Fsp3) is 0.455. The van der Waals surface area contributed by atoms with Gasteiger partial charge in [-0.1, -0.05) is 6.07 Å². The molecule has 1 aromatic heterocycles. The van der Waals surface area contributed by atoms with E-state index in [1.165, 1.54) is 24.3 Å². The Balaban J connectivity index is 1.35. The zero-order chi connectivity index (χ0) is 23.6. The highest BCUT2D eigenvalue weighted by Crippen LogP contribution is 2.31. The molecule has 2 amide bonds. The number of halogens is 1. The molecule has 2 heterocycles. The molecule has 1 unspecified atom stereocenters. The number of hydrogen-bond donors (Lipinski definition) is 2. The normalized spacial score (nSPS) is 19.4. The monoisotopic (exact) mass is 476 g/mol. The Labute approximate surface area is 191 Å². The van der Waals surface area contributed by atoms with Crippen LogP contribution in [0.5, 0.6) is 5.75 Å². The molecule has 11 heteroatoms. The minimum atomic E-state index is -3.77. The molecule has 2 atom stereocenters. The van der Waals surface area contributed by atoms with E-state index >= 15 is 0 Å². The van der Waals surface area contributed by atoms with Gasteiger partial charge in [-0.05, 0) is 55.5 Å². The van der Waals surface area contributed by atoms with Gasteiger partial charge in [0.2, 0.25) is 21.8 Å². The standard InChI is InChI=1S/C22H25FN4O5S/c1-13(15-4-7-19(23)20(9-15)32-11-14-2-3-14)27-33(30,31)12-18-6-5-17(25-26-18)8-16-10-21(28)24-22(16)29/h4-7,9,13-14,16,27H,2-3,8,10-12H2,1H3,(H,24,28,29)/t13-,16?/m1/s1. The lowest BCUT2D eigenvalue weighted by Crippen LogP contribution is -2.28. The Morgan fingerprint density at radius 3 is 2.55 bits per heavy atom. The second-order valence-electron chi connectivity index (χ2n) is 8.58. The first-order chi connectivity index (χ1) is 15.7. The van der Waals surface area contributed by atoms with Crippen LogP contribution in [-0.4, -0.2) is 37.0 Å². The largest absolute Gasteiger partial charge is 0.490 e. The third-order valence-electron chi connectivity index (χ3n) is 5.62. The number of hydrogen-bond acceptors (Lipinski definition) is 7. The Kier molecular flexibility index (Phi) is 6.71. The molecule has 1 aliphatic heterocycles. The van der Waals surface area contributed by atoms with E-state index in [0.717, 1.165) is 12.8 Å². The molecular weight excluding hydrogens is 451 g/mol. The average Bonchev–Trinajstić information content (AvgIpc) is 3.52. The van der Waals surface area contributed by atoms with E-state index in [9.17, 15) is 22.4 Å². The Morgan fingerprint density at radius 2 is 1.91 bits per heavy atom. The predicted octanol–water partition coefficient (Wildman–Crippen LogP) is 1.79. The van der Waals surface area contributed by atoms with Crippen LogP contribution in [-0.2, 0) is 31.8 Å². The average molecular weight is 477 g/mol. The van der Waals surface area contributed by atoms with Crippen LogP contribution in [0.15, 0.2) is 30.3 Å². The number of sulfonamides is 1. The number of nitrogens with one attached hydrogen (secondary N) is 2. The van der Waals surface area contributed by atoms with Crippen LogP contribution in [0.25, 0.3) is 0 Å². The van der Waals surface area contributed by atoms with E-state index in [2.05, 4.69) is 20.2 Å². The fourth-order valence-corrected chi connectivity index (χ4v) is 4.86. The zero-order valence-corrected chi connectivity index (χ0v) is 18.9. The number of carbonyl (C=O) groups excluding carboxylic acids is 2. The summed E-state index contributed by atoms with van der Waals surface area (Å²) in [6.45, 7) is 2.12. The highest BCUT2D eigenvalue weighted by molar-refractivity contribution is 7.88. The van der Waals surface area contributed by atoms with Crippen molar-refractivity contribution in [2.45, 2.75) is 44.4 Å². The van der Waals surface area contributed by atoms with Crippen molar-refractivity contribution in [1.29, 1.82) is 0 Å². The molecule has 2 fully saturated rings. The van der Waals surface area contributed by atoms with E-state index in [-0.39, 0.29) is 41.9 Å². The summed E-state index contributed by atoms with van der Waals surface area (Å²) in [5, 5.41) is 10.2. The molecule has 0 spiro atoms. The number of benzene rings is 1. The minimum Gasteiger partial charge on any atom is -0.490 e. The molecule has 2 N–H and O–H groups in total. The third-order valence-corrected chi connectivity index (χ3v) is 7.01. The van der Waals surface area contributed by atoms with Crippen LogP contribution < -0.4 is 14.8 Å². The molecule has 1 saturated heterocycles. The first kappa shape index (κ1) is 23.2. The van der Waals surface area contributed by atoms with Crippen LogP contribution in [0.2, 0.25) is 0 Å². The summed E-state index contributed by atoms with van der Waals surface area (Å²) in [5.74, 6) is -1.43. The van der Waals surface area contributed by atoms with Crippen molar-refractivity contribution in [2.75, 3.05) is 6.61 Å². The van der Waals surface area contributed by atoms with Crippen LogP contribution in [0.3, 0.4) is 0 Å². The number of ether oxygens (including phenoxy) is 1. The van der Waals surface area contributed by atoms with Crippen LogP contribution >= 0.6 is 0 Å². The van der Waals surface area contributed by atoms with Gasteiger partial charge in [0.25, 0.3) is 0 Å². The Bertz CT molecular complexity index is 1150. The number of amides is 2. The molecule has 0 radical (unpaired) electrons. The SMILES string of the molecule is C[C@@H](NS(=O)(=O)Cc1ccc(CC2CC(=O)NC2=O)nn1)c1ccc(F)c(OCC2CC2)c1. The number of rotatable bonds is 10. The highest BCUT2D eigenvalue weighted by atomic mass is 32.2. The fourth-order valence-electron chi connectivity index (χ4n) is 3.56. The molecule has 1 aliphatic carbocycles. The summed E-state index contributed by atoms with van der Waals surface area (Å²) < 4.78 is 47.4. The molecule has 176 valence electrons. The van der Waals surface area contributed by atoms with Gasteiger partial charge in [0.05, 0.1) is 23.9 Å². The lowest BCUT2D eigenvalue weighted by molar-refractivity contribution is -0.125. The maximum atomic E-state index is 14.0. The van der Waals surface area contributed by atoms with Crippen molar-refractivity contribution in [2.24, 2.45) is 11.8 Å². The Hall–Kier alpha value is -2.92. The third kappa shape index (κ3) is 6.32. The molecule has 9 nitrogen and oxygen atoms in total. The van der Waals surface area contributed by atoms with Crippen LogP contribution in [0.1, 0.15) is 49.2 Å². The smallest absolute Gasteiger partial charge is 0.230 e.